The lowest BCUT2D eigenvalue weighted by molar-refractivity contribution is 0.475. The molecule has 0 aromatic heterocycles. The molecule has 0 saturated carbocycles. The number of para-hydroxylation sites is 2. The van der Waals surface area contributed by atoms with Gasteiger partial charge in [0.15, 0.2) is 0 Å². The number of phenolic OH excluding ortho intramolecular Hbond substituents is 2. The van der Waals surface area contributed by atoms with Crippen LogP contribution in [0.3, 0.4) is 0 Å². The van der Waals surface area contributed by atoms with Crippen LogP contribution in [0.4, 0.5) is 11.4 Å². The van der Waals surface area contributed by atoms with E-state index in [1.165, 1.54) is 6.07 Å². The van der Waals surface area contributed by atoms with Crippen molar-refractivity contribution in [3.63, 3.8) is 0 Å². The number of nitrogen functional groups attached to an aromatic ring is 2. The summed E-state index contributed by atoms with van der Waals surface area (Å²) in [6, 6.07) is 13.5. The molecule has 0 aliphatic rings. The van der Waals surface area contributed by atoms with Gasteiger partial charge in [0.2, 0.25) is 0 Å². The van der Waals surface area contributed by atoms with Crippen LogP contribution in [0.15, 0.2) is 48.5 Å². The molecule has 2 rings (SSSR count). The van der Waals surface area contributed by atoms with E-state index < -0.39 is 0 Å². The number of rotatable bonds is 0. The summed E-state index contributed by atoms with van der Waals surface area (Å²) in [7, 11) is 0. The molecule has 0 aliphatic carbocycles. The van der Waals surface area contributed by atoms with E-state index in [-0.39, 0.29) is 11.4 Å². The topological polar surface area (TPSA) is 92.5 Å². The van der Waals surface area contributed by atoms with Crippen LogP contribution in [0.2, 0.25) is 0 Å². The van der Waals surface area contributed by atoms with Gasteiger partial charge in [0.1, 0.15) is 11.5 Å². The van der Waals surface area contributed by atoms with Gasteiger partial charge in [-0.05, 0) is 24.3 Å². The van der Waals surface area contributed by atoms with Gasteiger partial charge in [-0.1, -0.05) is 24.3 Å². The summed E-state index contributed by atoms with van der Waals surface area (Å²) in [6.07, 6.45) is 0. The van der Waals surface area contributed by atoms with Gasteiger partial charge < -0.3 is 21.7 Å². The predicted octanol–water partition coefficient (Wildman–Crippen LogP) is 1.95. The number of benzene rings is 2. The molecule has 0 spiro atoms. The van der Waals surface area contributed by atoms with Crippen molar-refractivity contribution in [1.29, 1.82) is 0 Å². The summed E-state index contributed by atoms with van der Waals surface area (Å²) in [6.45, 7) is 0. The van der Waals surface area contributed by atoms with Crippen LogP contribution in [-0.4, -0.2) is 10.2 Å². The molecule has 16 heavy (non-hydrogen) atoms. The van der Waals surface area contributed by atoms with Crippen molar-refractivity contribution in [1.82, 2.24) is 0 Å². The fourth-order valence-corrected chi connectivity index (χ4v) is 0.998. The number of anilines is 2. The van der Waals surface area contributed by atoms with Crippen LogP contribution in [0, 0.1) is 0 Å². The Morgan fingerprint density at radius 1 is 0.750 bits per heavy atom. The first-order valence-electron chi connectivity index (χ1n) is 4.68. The van der Waals surface area contributed by atoms with E-state index in [0.29, 0.717) is 11.4 Å². The lowest BCUT2D eigenvalue weighted by Gasteiger charge is -1.99. The number of hydrogen-bond donors (Lipinski definition) is 4. The maximum Gasteiger partial charge on any atom is 0.140 e. The molecule has 4 nitrogen and oxygen atoms in total. The molecule has 0 bridgehead atoms. The molecule has 0 amide bonds. The Hall–Kier alpha value is -2.36. The first kappa shape index (κ1) is 11.7. The highest BCUT2D eigenvalue weighted by Gasteiger charge is 1.96. The molecule has 2 aromatic carbocycles. The molecule has 2 aromatic rings. The second-order valence-electron chi connectivity index (χ2n) is 3.12. The smallest absolute Gasteiger partial charge is 0.140 e. The van der Waals surface area contributed by atoms with Crippen LogP contribution in [-0.2, 0) is 0 Å². The highest BCUT2D eigenvalue weighted by atomic mass is 16.3. The summed E-state index contributed by atoms with van der Waals surface area (Å²) in [5.74, 6) is 0.359. The normalized spacial score (nSPS) is 9.00. The minimum absolute atomic E-state index is 0.0370. The van der Waals surface area contributed by atoms with Crippen molar-refractivity contribution in [3.05, 3.63) is 48.5 Å². The SMILES string of the molecule is Nc1cccc(O)c1N.Oc1ccccc1. The van der Waals surface area contributed by atoms with Gasteiger partial charge in [-0.25, -0.2) is 0 Å². The Labute approximate surface area is 93.8 Å². The molecular weight excluding hydrogens is 204 g/mol. The van der Waals surface area contributed by atoms with E-state index in [4.69, 9.17) is 21.7 Å². The minimum Gasteiger partial charge on any atom is -0.508 e. The van der Waals surface area contributed by atoms with E-state index in [1.54, 1.807) is 36.4 Å². The number of nitrogens with two attached hydrogens (primary N) is 2. The zero-order valence-corrected chi connectivity index (χ0v) is 8.67. The predicted molar refractivity (Wildman–Crippen MR) is 65.0 cm³/mol. The summed E-state index contributed by atoms with van der Waals surface area (Å²) < 4.78 is 0. The average Bonchev–Trinajstić information content (AvgIpc) is 2.28. The zero-order chi connectivity index (χ0) is 12.0. The molecule has 0 heterocycles. The van der Waals surface area contributed by atoms with Crippen molar-refractivity contribution in [3.8, 4) is 11.5 Å². The number of phenols is 2. The highest BCUT2D eigenvalue weighted by Crippen LogP contribution is 2.24. The Bertz CT molecular complexity index is 424. The van der Waals surface area contributed by atoms with E-state index in [1.807, 2.05) is 6.07 Å². The third-order valence-electron chi connectivity index (χ3n) is 1.87. The molecule has 0 radical (unpaired) electrons. The first-order valence-corrected chi connectivity index (χ1v) is 4.68. The van der Waals surface area contributed by atoms with Gasteiger partial charge in [-0.2, -0.15) is 0 Å². The van der Waals surface area contributed by atoms with Gasteiger partial charge in [0.25, 0.3) is 0 Å². The van der Waals surface area contributed by atoms with Crippen molar-refractivity contribution in [2.45, 2.75) is 0 Å². The van der Waals surface area contributed by atoms with Gasteiger partial charge in [-0.3, -0.25) is 0 Å². The molecular formula is C12H14N2O2. The lowest BCUT2D eigenvalue weighted by atomic mass is 10.2. The number of aromatic hydroxyl groups is 2. The molecule has 0 aliphatic heterocycles. The Kier molecular flexibility index (Phi) is 4.03. The molecule has 0 atom stereocenters. The second-order valence-corrected chi connectivity index (χ2v) is 3.12. The average molecular weight is 218 g/mol. The quantitative estimate of drug-likeness (QED) is 0.401. The summed E-state index contributed by atoms with van der Waals surface area (Å²) in [4.78, 5) is 0. The summed E-state index contributed by atoms with van der Waals surface area (Å²) >= 11 is 0. The Morgan fingerprint density at radius 3 is 1.75 bits per heavy atom. The summed E-state index contributed by atoms with van der Waals surface area (Å²) in [5, 5.41) is 17.5. The van der Waals surface area contributed by atoms with Gasteiger partial charge in [0.05, 0.1) is 11.4 Å². The van der Waals surface area contributed by atoms with E-state index >= 15 is 0 Å². The molecule has 0 fully saturated rings. The molecule has 84 valence electrons. The Balaban J connectivity index is 0.000000165. The maximum atomic E-state index is 8.90. The highest BCUT2D eigenvalue weighted by molar-refractivity contribution is 5.69. The van der Waals surface area contributed by atoms with E-state index in [9.17, 15) is 0 Å². The van der Waals surface area contributed by atoms with Crippen molar-refractivity contribution < 1.29 is 10.2 Å². The zero-order valence-electron chi connectivity index (χ0n) is 8.67. The van der Waals surface area contributed by atoms with E-state index in [2.05, 4.69) is 0 Å². The largest absolute Gasteiger partial charge is 0.508 e. The van der Waals surface area contributed by atoms with Crippen LogP contribution in [0.5, 0.6) is 11.5 Å². The van der Waals surface area contributed by atoms with E-state index in [0.717, 1.165) is 0 Å². The molecule has 0 unspecified atom stereocenters. The third kappa shape index (κ3) is 3.42. The van der Waals surface area contributed by atoms with Gasteiger partial charge in [0, 0.05) is 0 Å². The van der Waals surface area contributed by atoms with Crippen molar-refractivity contribution >= 4 is 11.4 Å². The van der Waals surface area contributed by atoms with Crippen LogP contribution >= 0.6 is 0 Å². The standard InChI is InChI=1S/C6H8N2O.C6H6O/c7-4-2-1-3-5(9)6(4)8;7-6-4-2-1-3-5-6/h1-3,9H,7-8H2;1-5,7H. The maximum absolute atomic E-state index is 8.90. The summed E-state index contributed by atoms with van der Waals surface area (Å²) in [5.41, 5.74) is 11.3. The van der Waals surface area contributed by atoms with Crippen LogP contribution in [0.1, 0.15) is 0 Å². The van der Waals surface area contributed by atoms with Crippen LogP contribution in [0.25, 0.3) is 0 Å². The molecule has 4 heteroatoms. The third-order valence-corrected chi connectivity index (χ3v) is 1.87. The monoisotopic (exact) mass is 218 g/mol. The minimum atomic E-state index is 0.0370. The van der Waals surface area contributed by atoms with Gasteiger partial charge in [-0.15, -0.1) is 0 Å². The van der Waals surface area contributed by atoms with Crippen LogP contribution < -0.4 is 11.5 Å². The number of hydrogen-bond acceptors (Lipinski definition) is 4. The van der Waals surface area contributed by atoms with Gasteiger partial charge >= 0.3 is 0 Å². The second kappa shape index (κ2) is 5.50. The molecule has 0 saturated heterocycles. The lowest BCUT2D eigenvalue weighted by Crippen LogP contribution is -1.93. The molecule has 6 N–H and O–H groups in total. The fourth-order valence-electron chi connectivity index (χ4n) is 0.998. The van der Waals surface area contributed by atoms with Crippen molar-refractivity contribution in [2.75, 3.05) is 11.5 Å². The Morgan fingerprint density at radius 2 is 1.38 bits per heavy atom. The first-order chi connectivity index (χ1) is 7.61. The fraction of sp³-hybridized carbons (Fsp3) is 0. The van der Waals surface area contributed by atoms with Crippen molar-refractivity contribution in [2.24, 2.45) is 0 Å².